The van der Waals surface area contributed by atoms with Gasteiger partial charge in [0.15, 0.2) is 0 Å². The fourth-order valence-corrected chi connectivity index (χ4v) is 5.37. The first kappa shape index (κ1) is 18.4. The lowest BCUT2D eigenvalue weighted by Gasteiger charge is -2.23. The fourth-order valence-electron chi connectivity index (χ4n) is 5.37. The number of hydrogen-bond acceptors (Lipinski definition) is 4. The van der Waals surface area contributed by atoms with E-state index in [1.807, 2.05) is 47.5 Å². The molecule has 158 valence electrons. The van der Waals surface area contributed by atoms with Crippen molar-refractivity contribution < 1.29 is 18.7 Å². The number of nitrogens with one attached hydrogen (secondary N) is 2. The summed E-state index contributed by atoms with van der Waals surface area (Å²) in [5.41, 5.74) is 1.60. The molecule has 0 aliphatic carbocycles. The monoisotopic (exact) mass is 417 g/mol. The van der Waals surface area contributed by atoms with E-state index in [1.165, 1.54) is 10.9 Å². The summed E-state index contributed by atoms with van der Waals surface area (Å²) in [6, 6.07) is 11.8. The maximum Gasteiger partial charge on any atom is 0.230 e. The lowest BCUT2D eigenvalue weighted by atomic mass is 9.77. The first-order valence-corrected chi connectivity index (χ1v) is 10.7. The molecular formula is C24H23N3O4. The van der Waals surface area contributed by atoms with Crippen molar-refractivity contribution >= 4 is 22.7 Å². The van der Waals surface area contributed by atoms with E-state index in [2.05, 4.69) is 16.4 Å². The van der Waals surface area contributed by atoms with E-state index in [-0.39, 0.29) is 17.9 Å². The van der Waals surface area contributed by atoms with Crippen molar-refractivity contribution in [3.05, 3.63) is 72.3 Å². The van der Waals surface area contributed by atoms with Gasteiger partial charge in [0.2, 0.25) is 11.8 Å². The number of amides is 2. The summed E-state index contributed by atoms with van der Waals surface area (Å²) in [5, 5.41) is 4.09. The number of ether oxygens (including phenoxy) is 1. The summed E-state index contributed by atoms with van der Waals surface area (Å²) in [6.07, 6.45) is 7.91. The predicted octanol–water partition coefficient (Wildman–Crippen LogP) is 2.40. The Morgan fingerprint density at radius 1 is 1.26 bits per heavy atom. The van der Waals surface area contributed by atoms with Gasteiger partial charge in [0.05, 0.1) is 37.3 Å². The van der Waals surface area contributed by atoms with Gasteiger partial charge in [0.1, 0.15) is 11.4 Å². The summed E-state index contributed by atoms with van der Waals surface area (Å²) >= 11 is 0. The van der Waals surface area contributed by atoms with Crippen molar-refractivity contribution in [2.75, 3.05) is 13.1 Å². The number of furan rings is 1. The fraction of sp³-hybridized carbons (Fsp3) is 0.333. The maximum absolute atomic E-state index is 13.3. The zero-order valence-corrected chi connectivity index (χ0v) is 16.9. The van der Waals surface area contributed by atoms with Crippen LogP contribution >= 0.6 is 0 Å². The summed E-state index contributed by atoms with van der Waals surface area (Å²) in [6.45, 7) is 1.40. The molecule has 4 atom stereocenters. The largest absolute Gasteiger partial charge is 0.467 e. The zero-order chi connectivity index (χ0) is 21.0. The maximum atomic E-state index is 13.3. The Labute approximate surface area is 179 Å². The van der Waals surface area contributed by atoms with Gasteiger partial charge in [-0.2, -0.15) is 0 Å². The minimum Gasteiger partial charge on any atom is -0.467 e. The van der Waals surface area contributed by atoms with Crippen LogP contribution in [0.2, 0.25) is 0 Å². The Bertz CT molecular complexity index is 1180. The number of carbonyl (C=O) groups is 2. The van der Waals surface area contributed by atoms with Gasteiger partial charge < -0.3 is 24.4 Å². The van der Waals surface area contributed by atoms with Gasteiger partial charge in [-0.25, -0.2) is 0 Å². The lowest BCUT2D eigenvalue weighted by molar-refractivity contribution is -0.137. The van der Waals surface area contributed by atoms with Gasteiger partial charge in [-0.1, -0.05) is 30.4 Å². The standard InChI is InChI=1S/C24H23N3O4/c28-22(26-13-16-4-3-11-30-16)20-19-7-9-24(31-19)14-27(23(29)21(20)24)10-8-15-12-25-18-6-2-1-5-17(15)18/h1-7,9,11-12,19-21,25H,8,10,13-14H2,(H,26,28)/t19-,20+,21+,24-/m0/s1. The number of nitrogens with zero attached hydrogens (tertiary/aromatic N) is 1. The molecule has 2 amide bonds. The highest BCUT2D eigenvalue weighted by Gasteiger charge is 2.66. The Hall–Kier alpha value is -3.32. The Balaban J connectivity index is 1.17. The van der Waals surface area contributed by atoms with Gasteiger partial charge in [0.25, 0.3) is 0 Å². The Morgan fingerprint density at radius 3 is 3.03 bits per heavy atom. The van der Waals surface area contributed by atoms with Crippen LogP contribution in [0.15, 0.2) is 65.4 Å². The molecule has 2 bridgehead atoms. The first-order valence-electron chi connectivity index (χ1n) is 10.7. The van der Waals surface area contributed by atoms with Gasteiger partial charge >= 0.3 is 0 Å². The number of aromatic nitrogens is 1. The minimum atomic E-state index is -0.686. The third-order valence-corrected chi connectivity index (χ3v) is 6.82. The number of benzene rings is 1. The molecule has 31 heavy (non-hydrogen) atoms. The van der Waals surface area contributed by atoms with Crippen molar-refractivity contribution in [1.82, 2.24) is 15.2 Å². The molecule has 7 nitrogen and oxygen atoms in total. The molecule has 3 aliphatic rings. The van der Waals surface area contributed by atoms with Crippen LogP contribution in [0.3, 0.4) is 0 Å². The normalized spacial score (nSPS) is 28.6. The summed E-state index contributed by atoms with van der Waals surface area (Å²) in [5.74, 6) is -0.456. The van der Waals surface area contributed by atoms with Gasteiger partial charge in [0, 0.05) is 23.6 Å². The molecule has 3 aromatic rings. The Morgan fingerprint density at radius 2 is 2.16 bits per heavy atom. The zero-order valence-electron chi connectivity index (χ0n) is 16.9. The number of carbonyl (C=O) groups excluding carboxylic acids is 2. The second-order valence-corrected chi connectivity index (χ2v) is 8.57. The van der Waals surface area contributed by atoms with Gasteiger partial charge in [-0.05, 0) is 30.2 Å². The molecule has 2 aromatic heterocycles. The number of hydrogen-bond donors (Lipinski definition) is 2. The molecule has 7 heteroatoms. The molecule has 3 aliphatic heterocycles. The second kappa shape index (κ2) is 6.85. The number of H-pyrrole nitrogens is 1. The summed E-state index contributed by atoms with van der Waals surface area (Å²) in [4.78, 5) is 31.5. The van der Waals surface area contributed by atoms with Crippen LogP contribution in [0, 0.1) is 11.8 Å². The molecule has 1 aromatic carbocycles. The molecule has 2 fully saturated rings. The third-order valence-electron chi connectivity index (χ3n) is 6.82. The average Bonchev–Trinajstić information content (AvgIpc) is 3.58. The molecule has 1 spiro atoms. The van der Waals surface area contributed by atoms with Crippen LogP contribution in [0.1, 0.15) is 11.3 Å². The van der Waals surface area contributed by atoms with Crippen molar-refractivity contribution in [2.45, 2.75) is 24.7 Å². The van der Waals surface area contributed by atoms with E-state index in [0.29, 0.717) is 25.4 Å². The smallest absolute Gasteiger partial charge is 0.230 e. The van der Waals surface area contributed by atoms with Crippen LogP contribution in [0.5, 0.6) is 0 Å². The summed E-state index contributed by atoms with van der Waals surface area (Å²) < 4.78 is 11.5. The summed E-state index contributed by atoms with van der Waals surface area (Å²) in [7, 11) is 0. The van der Waals surface area contributed by atoms with Crippen molar-refractivity contribution in [3.8, 4) is 0 Å². The molecule has 2 saturated heterocycles. The quantitative estimate of drug-likeness (QED) is 0.603. The van der Waals surface area contributed by atoms with E-state index in [0.717, 1.165) is 11.9 Å². The van der Waals surface area contributed by atoms with Crippen LogP contribution in [-0.4, -0.2) is 46.5 Å². The number of aromatic amines is 1. The van der Waals surface area contributed by atoms with Crippen molar-refractivity contribution in [1.29, 1.82) is 0 Å². The number of fused-ring (bicyclic) bond motifs is 2. The van der Waals surface area contributed by atoms with Crippen molar-refractivity contribution in [2.24, 2.45) is 11.8 Å². The van der Waals surface area contributed by atoms with E-state index >= 15 is 0 Å². The lowest BCUT2D eigenvalue weighted by Crippen LogP contribution is -2.44. The van der Waals surface area contributed by atoms with Crippen LogP contribution < -0.4 is 5.32 Å². The van der Waals surface area contributed by atoms with E-state index in [4.69, 9.17) is 9.15 Å². The molecule has 0 radical (unpaired) electrons. The third kappa shape index (κ3) is 2.84. The minimum absolute atomic E-state index is 0.00448. The average molecular weight is 417 g/mol. The van der Waals surface area contributed by atoms with Crippen molar-refractivity contribution in [3.63, 3.8) is 0 Å². The van der Waals surface area contributed by atoms with Gasteiger partial charge in [-0.15, -0.1) is 0 Å². The number of likely N-dealkylation sites (tertiary alicyclic amines) is 1. The van der Waals surface area contributed by atoms with Crippen LogP contribution in [-0.2, 0) is 27.3 Å². The highest BCUT2D eigenvalue weighted by atomic mass is 16.5. The SMILES string of the molecule is O=C(NCc1ccco1)[C@@H]1[C@@H]2C=C[C@@]3(CN(CCc4c[nH]c5ccccc45)C(=O)[C@@H]13)O2. The molecule has 0 unspecified atom stereocenters. The molecular weight excluding hydrogens is 394 g/mol. The number of rotatable bonds is 6. The molecule has 2 N–H and O–H groups in total. The van der Waals surface area contributed by atoms with Gasteiger partial charge in [-0.3, -0.25) is 9.59 Å². The van der Waals surface area contributed by atoms with E-state index in [9.17, 15) is 9.59 Å². The number of para-hydroxylation sites is 1. The Kier molecular flexibility index (Phi) is 4.08. The highest BCUT2D eigenvalue weighted by molar-refractivity contribution is 5.93. The molecule has 6 rings (SSSR count). The first-order chi connectivity index (χ1) is 15.1. The van der Waals surface area contributed by atoms with Crippen LogP contribution in [0.4, 0.5) is 0 Å². The van der Waals surface area contributed by atoms with Crippen LogP contribution in [0.25, 0.3) is 10.9 Å². The van der Waals surface area contributed by atoms with E-state index < -0.39 is 17.4 Å². The highest BCUT2D eigenvalue weighted by Crippen LogP contribution is 2.51. The van der Waals surface area contributed by atoms with E-state index in [1.54, 1.807) is 12.3 Å². The topological polar surface area (TPSA) is 87.6 Å². The predicted molar refractivity (Wildman–Crippen MR) is 113 cm³/mol. The molecule has 5 heterocycles. The second-order valence-electron chi connectivity index (χ2n) is 8.57. The molecule has 0 saturated carbocycles.